The zero-order valence-electron chi connectivity index (χ0n) is 14.8. The number of ether oxygens (including phenoxy) is 3. The van der Waals surface area contributed by atoms with Crippen LogP contribution in [0, 0.1) is 0 Å². The molecule has 5 nitrogen and oxygen atoms in total. The summed E-state index contributed by atoms with van der Waals surface area (Å²) in [6, 6.07) is 13.4. The lowest BCUT2D eigenvalue weighted by Crippen LogP contribution is -2.45. The van der Waals surface area contributed by atoms with Gasteiger partial charge in [-0.2, -0.15) is 0 Å². The van der Waals surface area contributed by atoms with Crippen LogP contribution in [0.25, 0.3) is 0 Å². The maximum Gasteiger partial charge on any atom is 0.255 e. The summed E-state index contributed by atoms with van der Waals surface area (Å²) in [5, 5.41) is 2.99. The summed E-state index contributed by atoms with van der Waals surface area (Å²) in [4.78, 5) is 12.6. The van der Waals surface area contributed by atoms with E-state index in [-0.39, 0.29) is 5.91 Å². The predicted molar refractivity (Wildman–Crippen MR) is 95.5 cm³/mol. The monoisotopic (exact) mass is 341 g/mol. The molecule has 25 heavy (non-hydrogen) atoms. The molecule has 1 N–H and O–H groups in total. The SMILES string of the molecule is COc1ccc(C(=O)NCC2(OC)Cc3ccccc3C2)c(OC)c1. The van der Waals surface area contributed by atoms with Gasteiger partial charge in [0.15, 0.2) is 0 Å². The second kappa shape index (κ2) is 7.15. The first kappa shape index (κ1) is 17.3. The molecule has 0 fully saturated rings. The van der Waals surface area contributed by atoms with Crippen molar-refractivity contribution in [2.45, 2.75) is 18.4 Å². The fraction of sp³-hybridized carbons (Fsp3) is 0.350. The van der Waals surface area contributed by atoms with Gasteiger partial charge in [0, 0.05) is 32.6 Å². The van der Waals surface area contributed by atoms with Crippen LogP contribution in [-0.2, 0) is 17.6 Å². The van der Waals surface area contributed by atoms with Gasteiger partial charge in [-0.15, -0.1) is 0 Å². The van der Waals surface area contributed by atoms with Gasteiger partial charge >= 0.3 is 0 Å². The first-order valence-electron chi connectivity index (χ1n) is 8.23. The van der Waals surface area contributed by atoms with Crippen molar-refractivity contribution in [1.29, 1.82) is 0 Å². The fourth-order valence-electron chi connectivity index (χ4n) is 3.32. The summed E-state index contributed by atoms with van der Waals surface area (Å²) in [6.07, 6.45) is 1.58. The summed E-state index contributed by atoms with van der Waals surface area (Å²) in [7, 11) is 4.82. The highest BCUT2D eigenvalue weighted by molar-refractivity contribution is 5.97. The first-order valence-corrected chi connectivity index (χ1v) is 8.23. The van der Waals surface area contributed by atoms with Crippen LogP contribution in [0.4, 0.5) is 0 Å². The number of nitrogens with one attached hydrogen (secondary N) is 1. The smallest absolute Gasteiger partial charge is 0.255 e. The molecule has 132 valence electrons. The Kier molecular flexibility index (Phi) is 4.95. The van der Waals surface area contributed by atoms with E-state index in [1.54, 1.807) is 32.4 Å². The number of hydrogen-bond acceptors (Lipinski definition) is 4. The van der Waals surface area contributed by atoms with Gasteiger partial charge in [0.05, 0.1) is 25.4 Å². The van der Waals surface area contributed by atoms with Gasteiger partial charge in [-0.25, -0.2) is 0 Å². The van der Waals surface area contributed by atoms with Crippen LogP contribution in [0.5, 0.6) is 11.5 Å². The maximum atomic E-state index is 12.6. The molecule has 0 spiro atoms. The van der Waals surface area contributed by atoms with Crippen molar-refractivity contribution in [3.8, 4) is 11.5 Å². The Morgan fingerprint density at radius 3 is 2.28 bits per heavy atom. The average molecular weight is 341 g/mol. The van der Waals surface area contributed by atoms with Gasteiger partial charge in [0.1, 0.15) is 11.5 Å². The van der Waals surface area contributed by atoms with E-state index < -0.39 is 5.60 Å². The molecular formula is C20H23NO4. The Hall–Kier alpha value is -2.53. The normalized spacial score (nSPS) is 14.7. The molecular weight excluding hydrogens is 318 g/mol. The topological polar surface area (TPSA) is 56.8 Å². The Morgan fingerprint density at radius 1 is 1.04 bits per heavy atom. The zero-order valence-corrected chi connectivity index (χ0v) is 14.8. The first-order chi connectivity index (χ1) is 12.1. The number of carbonyl (C=O) groups excluding carboxylic acids is 1. The van der Waals surface area contributed by atoms with Crippen molar-refractivity contribution in [3.05, 3.63) is 59.2 Å². The third-order valence-electron chi connectivity index (χ3n) is 4.80. The van der Waals surface area contributed by atoms with Crippen LogP contribution in [0.3, 0.4) is 0 Å². The van der Waals surface area contributed by atoms with Crippen molar-refractivity contribution >= 4 is 5.91 Å². The third-order valence-corrected chi connectivity index (χ3v) is 4.80. The minimum absolute atomic E-state index is 0.188. The predicted octanol–water partition coefficient (Wildman–Crippen LogP) is 2.62. The van der Waals surface area contributed by atoms with Crippen LogP contribution in [0.1, 0.15) is 21.5 Å². The molecule has 0 atom stereocenters. The highest BCUT2D eigenvalue weighted by Gasteiger charge is 2.37. The van der Waals surface area contributed by atoms with E-state index in [4.69, 9.17) is 14.2 Å². The van der Waals surface area contributed by atoms with Gasteiger partial charge < -0.3 is 19.5 Å². The molecule has 0 aromatic heterocycles. The lowest BCUT2D eigenvalue weighted by atomic mass is 10.00. The molecule has 0 aliphatic heterocycles. The van der Waals surface area contributed by atoms with Gasteiger partial charge in [-0.05, 0) is 23.3 Å². The molecule has 2 aromatic rings. The highest BCUT2D eigenvalue weighted by atomic mass is 16.5. The van der Waals surface area contributed by atoms with E-state index in [0.717, 1.165) is 12.8 Å². The van der Waals surface area contributed by atoms with Crippen LogP contribution >= 0.6 is 0 Å². The molecule has 0 saturated carbocycles. The lowest BCUT2D eigenvalue weighted by molar-refractivity contribution is 0.000154. The Balaban J connectivity index is 1.72. The van der Waals surface area contributed by atoms with E-state index in [1.807, 2.05) is 12.1 Å². The van der Waals surface area contributed by atoms with Gasteiger partial charge in [-0.1, -0.05) is 24.3 Å². The summed E-state index contributed by atoms with van der Waals surface area (Å²) in [5.41, 5.74) is 2.63. The molecule has 5 heteroatoms. The number of rotatable bonds is 6. The molecule has 1 aliphatic carbocycles. The van der Waals surface area contributed by atoms with E-state index in [9.17, 15) is 4.79 Å². The molecule has 2 aromatic carbocycles. The van der Waals surface area contributed by atoms with Gasteiger partial charge in [0.2, 0.25) is 0 Å². The minimum atomic E-state index is -0.404. The molecule has 0 saturated heterocycles. The zero-order chi connectivity index (χ0) is 17.9. The van der Waals surface area contributed by atoms with Crippen LogP contribution in [0.2, 0.25) is 0 Å². The highest BCUT2D eigenvalue weighted by Crippen LogP contribution is 2.32. The number of fused-ring (bicyclic) bond motifs is 1. The molecule has 1 amide bonds. The number of methoxy groups -OCH3 is 3. The molecule has 0 unspecified atom stereocenters. The lowest BCUT2D eigenvalue weighted by Gasteiger charge is -2.28. The van der Waals surface area contributed by atoms with Gasteiger partial charge in [0.25, 0.3) is 5.91 Å². The van der Waals surface area contributed by atoms with Crippen molar-refractivity contribution in [2.24, 2.45) is 0 Å². The molecule has 0 bridgehead atoms. The standard InChI is InChI=1S/C20H23NO4/c1-23-16-8-9-17(18(10-16)24-2)19(22)21-13-20(25-3)11-14-6-4-5-7-15(14)12-20/h4-10H,11-13H2,1-3H3,(H,21,22). The van der Waals surface area contributed by atoms with E-state index in [1.165, 1.54) is 18.2 Å². The molecule has 1 aliphatic rings. The quantitative estimate of drug-likeness (QED) is 0.877. The number of carbonyl (C=O) groups is 1. The summed E-state index contributed by atoms with van der Waals surface area (Å²) in [6.45, 7) is 0.437. The van der Waals surface area contributed by atoms with Crippen LogP contribution < -0.4 is 14.8 Å². The Morgan fingerprint density at radius 2 is 1.72 bits per heavy atom. The largest absolute Gasteiger partial charge is 0.497 e. The van der Waals surface area contributed by atoms with Gasteiger partial charge in [-0.3, -0.25) is 4.79 Å². The number of hydrogen-bond donors (Lipinski definition) is 1. The Labute approximate surface area is 147 Å². The van der Waals surface area contributed by atoms with E-state index >= 15 is 0 Å². The second-order valence-electron chi connectivity index (χ2n) is 6.26. The summed E-state index contributed by atoms with van der Waals surface area (Å²) < 4.78 is 16.3. The van der Waals surface area contributed by atoms with E-state index in [0.29, 0.717) is 23.6 Å². The molecule has 0 heterocycles. The van der Waals surface area contributed by atoms with Crippen molar-refractivity contribution < 1.29 is 19.0 Å². The third kappa shape index (κ3) is 3.46. The van der Waals surface area contributed by atoms with E-state index in [2.05, 4.69) is 17.4 Å². The second-order valence-corrected chi connectivity index (χ2v) is 6.26. The summed E-state index contributed by atoms with van der Waals surface area (Å²) >= 11 is 0. The minimum Gasteiger partial charge on any atom is -0.497 e. The fourth-order valence-corrected chi connectivity index (χ4v) is 3.32. The molecule has 0 radical (unpaired) electrons. The molecule has 3 rings (SSSR count). The Bertz CT molecular complexity index is 747. The van der Waals surface area contributed by atoms with Crippen molar-refractivity contribution in [2.75, 3.05) is 27.9 Å². The average Bonchev–Trinajstić information content (AvgIpc) is 3.04. The van der Waals surface area contributed by atoms with Crippen molar-refractivity contribution in [1.82, 2.24) is 5.32 Å². The number of amides is 1. The van der Waals surface area contributed by atoms with Crippen LogP contribution in [-0.4, -0.2) is 39.4 Å². The van der Waals surface area contributed by atoms with Crippen molar-refractivity contribution in [3.63, 3.8) is 0 Å². The number of benzene rings is 2. The maximum absolute atomic E-state index is 12.6. The van der Waals surface area contributed by atoms with Crippen LogP contribution in [0.15, 0.2) is 42.5 Å². The summed E-state index contributed by atoms with van der Waals surface area (Å²) in [5.74, 6) is 0.943.